The number of alkyl halides is 1. The lowest BCUT2D eigenvalue weighted by molar-refractivity contribution is -0.114. The van der Waals surface area contributed by atoms with Gasteiger partial charge in [-0.25, -0.2) is 14.4 Å². The maximum atomic E-state index is 14.0. The zero-order valence-electron chi connectivity index (χ0n) is 19.3. The minimum atomic E-state index is -0.826. The van der Waals surface area contributed by atoms with E-state index in [0.717, 1.165) is 4.90 Å². The lowest BCUT2D eigenvalue weighted by Gasteiger charge is -2.25. The van der Waals surface area contributed by atoms with Gasteiger partial charge < -0.3 is 4.74 Å². The third kappa shape index (κ3) is 5.60. The monoisotopic (exact) mass is 577 g/mol. The molecule has 1 unspecified atom stereocenters. The number of anilines is 1. The molecule has 0 saturated heterocycles. The highest BCUT2D eigenvalue weighted by Gasteiger charge is 2.37. The lowest BCUT2D eigenvalue weighted by atomic mass is 10.0. The van der Waals surface area contributed by atoms with E-state index in [2.05, 4.69) is 5.10 Å². The first-order valence-corrected chi connectivity index (χ1v) is 12.6. The Kier molecular flexibility index (Phi) is 8.39. The molecule has 0 saturated carbocycles. The van der Waals surface area contributed by atoms with Crippen molar-refractivity contribution in [1.29, 1.82) is 0 Å². The number of ether oxygens (including phenoxy) is 1. The van der Waals surface area contributed by atoms with Gasteiger partial charge in [0.25, 0.3) is 11.8 Å². The fraction of sp³-hybridized carbons (Fsp3) is 0.154. The number of hydrogen-bond donors (Lipinski definition) is 0. The fourth-order valence-corrected chi connectivity index (χ4v) is 4.79. The van der Waals surface area contributed by atoms with Crippen LogP contribution in [-0.2, 0) is 9.53 Å². The summed E-state index contributed by atoms with van der Waals surface area (Å²) in [5, 5.41) is 4.37. The molecule has 0 radical (unpaired) electrons. The number of amides is 2. The summed E-state index contributed by atoms with van der Waals surface area (Å²) in [6.45, 7) is 1.71. The van der Waals surface area contributed by atoms with Crippen molar-refractivity contribution in [2.45, 2.75) is 18.7 Å². The highest BCUT2D eigenvalue weighted by Crippen LogP contribution is 2.33. The fourth-order valence-electron chi connectivity index (χ4n) is 3.68. The van der Waals surface area contributed by atoms with Gasteiger partial charge in [0.1, 0.15) is 5.56 Å². The Morgan fingerprint density at radius 3 is 2.43 bits per heavy atom. The van der Waals surface area contributed by atoms with Crippen LogP contribution in [-0.4, -0.2) is 39.5 Å². The predicted octanol–water partition coefficient (Wildman–Crippen LogP) is 6.59. The van der Waals surface area contributed by atoms with E-state index in [1.165, 1.54) is 35.2 Å². The van der Waals surface area contributed by atoms with E-state index in [0.29, 0.717) is 10.7 Å². The highest BCUT2D eigenvalue weighted by molar-refractivity contribution is 6.40. The van der Waals surface area contributed by atoms with Crippen LogP contribution in [0.15, 0.2) is 77.5 Å². The Morgan fingerprint density at radius 2 is 1.78 bits per heavy atom. The Bertz CT molecular complexity index is 1430. The molecule has 0 spiro atoms. The SMILES string of the molecule is CCOC(=O)c1cnn(-c2ccccc2)c1N(C(=O)C1=C(Cl)CC(Cl)C=C1)C(=O)c1ccc(Cl)cc1Cl. The van der Waals surface area contributed by atoms with Gasteiger partial charge in [-0.15, -0.1) is 11.6 Å². The van der Waals surface area contributed by atoms with Crippen molar-refractivity contribution >= 4 is 70.0 Å². The van der Waals surface area contributed by atoms with Crippen molar-refractivity contribution < 1.29 is 19.1 Å². The Hall–Kier alpha value is -3.10. The van der Waals surface area contributed by atoms with Gasteiger partial charge in [-0.2, -0.15) is 5.10 Å². The Labute approximate surface area is 232 Å². The second-order valence-corrected chi connectivity index (χ2v) is 9.68. The molecule has 0 bridgehead atoms. The van der Waals surface area contributed by atoms with E-state index in [1.807, 2.05) is 0 Å². The van der Waals surface area contributed by atoms with Gasteiger partial charge in [0.05, 0.1) is 40.0 Å². The quantitative estimate of drug-likeness (QED) is 0.187. The van der Waals surface area contributed by atoms with E-state index in [4.69, 9.17) is 51.1 Å². The number of hydrogen-bond acceptors (Lipinski definition) is 5. The standard InChI is InChI=1S/C26H19Cl4N3O4/c1-2-37-26(36)20-14-31-33(17-6-4-3-5-7-17)23(20)32(24(34)18-10-8-15(27)12-21(18)29)25(35)19-11-9-16(28)13-22(19)30/h3-12,14,16H,2,13H2,1H3. The summed E-state index contributed by atoms with van der Waals surface area (Å²) in [6, 6.07) is 12.9. The average Bonchev–Trinajstić information content (AvgIpc) is 3.29. The Morgan fingerprint density at radius 1 is 1.05 bits per heavy atom. The van der Waals surface area contributed by atoms with Gasteiger partial charge in [-0.3, -0.25) is 9.59 Å². The van der Waals surface area contributed by atoms with Crippen molar-refractivity contribution in [3.8, 4) is 5.69 Å². The van der Waals surface area contributed by atoms with Crippen LogP contribution >= 0.6 is 46.4 Å². The molecule has 1 aliphatic rings. The smallest absolute Gasteiger partial charge is 0.343 e. The zero-order chi connectivity index (χ0) is 26.7. The van der Waals surface area contributed by atoms with Crippen LogP contribution in [0.1, 0.15) is 34.1 Å². The van der Waals surface area contributed by atoms with E-state index in [1.54, 1.807) is 43.3 Å². The molecule has 2 amide bonds. The molecule has 37 heavy (non-hydrogen) atoms. The molecule has 0 aliphatic heterocycles. The number of allylic oxidation sites excluding steroid dienone is 2. The third-order valence-electron chi connectivity index (χ3n) is 5.39. The molecular formula is C26H19Cl4N3O4. The number of rotatable bonds is 6. The molecule has 11 heteroatoms. The highest BCUT2D eigenvalue weighted by atomic mass is 35.5. The summed E-state index contributed by atoms with van der Waals surface area (Å²) in [4.78, 5) is 41.8. The first-order valence-electron chi connectivity index (χ1n) is 11.1. The molecule has 1 heterocycles. The van der Waals surface area contributed by atoms with Gasteiger partial charge in [0, 0.05) is 16.5 Å². The van der Waals surface area contributed by atoms with Gasteiger partial charge in [-0.05, 0) is 37.3 Å². The maximum absolute atomic E-state index is 14.0. The molecular weight excluding hydrogens is 560 g/mol. The van der Waals surface area contributed by atoms with Crippen LogP contribution in [0.4, 0.5) is 5.82 Å². The number of nitrogens with zero attached hydrogens (tertiary/aromatic N) is 3. The normalized spacial score (nSPS) is 15.0. The molecule has 1 atom stereocenters. The van der Waals surface area contributed by atoms with Gasteiger partial charge in [0.15, 0.2) is 5.82 Å². The second kappa shape index (κ2) is 11.5. The third-order valence-corrected chi connectivity index (χ3v) is 6.59. The van der Waals surface area contributed by atoms with Crippen molar-refractivity contribution in [3.05, 3.63) is 98.7 Å². The molecule has 0 N–H and O–H groups in total. The number of esters is 1. The van der Waals surface area contributed by atoms with Crippen LogP contribution in [0.25, 0.3) is 5.69 Å². The van der Waals surface area contributed by atoms with Crippen LogP contribution < -0.4 is 4.90 Å². The number of aromatic nitrogens is 2. The van der Waals surface area contributed by atoms with E-state index in [9.17, 15) is 14.4 Å². The van der Waals surface area contributed by atoms with Crippen LogP contribution in [0.2, 0.25) is 10.0 Å². The van der Waals surface area contributed by atoms with Crippen LogP contribution in [0, 0.1) is 0 Å². The second-order valence-electron chi connectivity index (χ2n) is 7.82. The van der Waals surface area contributed by atoms with E-state index >= 15 is 0 Å². The number of para-hydroxylation sites is 1. The summed E-state index contributed by atoms with van der Waals surface area (Å²) in [5.41, 5.74) is 0.388. The van der Waals surface area contributed by atoms with Gasteiger partial charge >= 0.3 is 5.97 Å². The number of imide groups is 1. The predicted molar refractivity (Wildman–Crippen MR) is 144 cm³/mol. The van der Waals surface area contributed by atoms with Crippen LogP contribution in [0.5, 0.6) is 0 Å². The summed E-state index contributed by atoms with van der Waals surface area (Å²) < 4.78 is 6.50. The topological polar surface area (TPSA) is 81.5 Å². The number of halogens is 4. The average molecular weight is 579 g/mol. The summed E-state index contributed by atoms with van der Waals surface area (Å²) >= 11 is 25.0. The zero-order valence-corrected chi connectivity index (χ0v) is 22.4. The molecule has 2 aromatic carbocycles. The summed E-state index contributed by atoms with van der Waals surface area (Å²) in [5.74, 6) is -2.53. The van der Waals surface area contributed by atoms with E-state index < -0.39 is 23.2 Å². The number of carbonyl (C=O) groups excluding carboxylic acids is 3. The molecule has 1 aliphatic carbocycles. The largest absolute Gasteiger partial charge is 0.462 e. The first kappa shape index (κ1) is 26.9. The minimum Gasteiger partial charge on any atom is -0.462 e. The minimum absolute atomic E-state index is 0.0128. The van der Waals surface area contributed by atoms with Gasteiger partial charge in [0.2, 0.25) is 0 Å². The van der Waals surface area contributed by atoms with Crippen LogP contribution in [0.3, 0.4) is 0 Å². The Balaban J connectivity index is 1.98. The number of carbonyl (C=O) groups is 3. The first-order chi connectivity index (χ1) is 17.7. The van der Waals surface area contributed by atoms with Gasteiger partial charge in [-0.1, -0.05) is 65.2 Å². The molecule has 4 rings (SSSR count). The van der Waals surface area contributed by atoms with Crippen molar-refractivity contribution in [1.82, 2.24) is 9.78 Å². The van der Waals surface area contributed by atoms with Crippen molar-refractivity contribution in [2.24, 2.45) is 0 Å². The molecule has 1 aromatic heterocycles. The van der Waals surface area contributed by atoms with Crippen molar-refractivity contribution in [2.75, 3.05) is 11.5 Å². The molecule has 0 fully saturated rings. The molecule has 3 aromatic rings. The van der Waals surface area contributed by atoms with E-state index in [-0.39, 0.29) is 45.6 Å². The molecule has 7 nitrogen and oxygen atoms in total. The maximum Gasteiger partial charge on any atom is 0.343 e. The summed E-state index contributed by atoms with van der Waals surface area (Å²) in [6.07, 6.45) is 4.47. The molecule has 190 valence electrons. The summed E-state index contributed by atoms with van der Waals surface area (Å²) in [7, 11) is 0. The van der Waals surface area contributed by atoms with Crippen molar-refractivity contribution in [3.63, 3.8) is 0 Å². The number of benzene rings is 2. The lowest BCUT2D eigenvalue weighted by Crippen LogP contribution is -2.41.